The van der Waals surface area contributed by atoms with Crippen molar-refractivity contribution in [1.82, 2.24) is 4.90 Å². The van der Waals surface area contributed by atoms with Gasteiger partial charge >= 0.3 is 0 Å². The van der Waals surface area contributed by atoms with Crippen molar-refractivity contribution in [3.05, 3.63) is 0 Å². The predicted molar refractivity (Wildman–Crippen MR) is 84.1 cm³/mol. The van der Waals surface area contributed by atoms with Crippen molar-refractivity contribution < 1.29 is 13.2 Å². The van der Waals surface area contributed by atoms with Crippen LogP contribution in [0, 0.1) is 5.92 Å². The Bertz CT molecular complexity index is 484. The number of piperidine rings is 1. The van der Waals surface area contributed by atoms with Gasteiger partial charge in [0.2, 0.25) is 0 Å². The van der Waals surface area contributed by atoms with E-state index in [9.17, 15) is 8.42 Å². The summed E-state index contributed by atoms with van der Waals surface area (Å²) in [7, 11) is -3.19. The summed E-state index contributed by atoms with van der Waals surface area (Å²) in [6.07, 6.45) is 4.63. The van der Waals surface area contributed by atoms with Gasteiger partial charge in [0.1, 0.15) is 0 Å². The molecule has 122 valence electrons. The third-order valence-corrected chi connectivity index (χ3v) is 6.81. The third-order valence-electron chi connectivity index (χ3n) is 4.70. The third kappa shape index (κ3) is 3.88. The second kappa shape index (κ2) is 6.52. The van der Waals surface area contributed by atoms with E-state index in [1.807, 2.05) is 0 Å². The zero-order valence-electron chi connectivity index (χ0n) is 13.0. The minimum atomic E-state index is -3.19. The minimum Gasteiger partial charge on any atom is -0.381 e. The van der Waals surface area contributed by atoms with Crippen LogP contribution in [0.25, 0.3) is 0 Å². The molecule has 2 N–H and O–H groups in total. The topological polar surface area (TPSA) is 85.0 Å². The standard InChI is InChI=1S/C14H27N3O3S/c1-12-4-3-7-17(10-12)13(15)16-11-14(21(2,18)19)5-8-20-9-6-14/h12H,3-11H2,1-2H3,(H2,15,16). The lowest BCUT2D eigenvalue weighted by atomic mass is 9.99. The molecule has 0 aliphatic carbocycles. The maximum atomic E-state index is 12.2. The molecule has 2 aliphatic rings. The van der Waals surface area contributed by atoms with Crippen molar-refractivity contribution in [1.29, 1.82) is 0 Å². The Morgan fingerprint density at radius 1 is 1.43 bits per heavy atom. The second-order valence-corrected chi connectivity index (χ2v) is 8.85. The molecule has 0 aromatic carbocycles. The number of guanidine groups is 1. The summed E-state index contributed by atoms with van der Waals surface area (Å²) >= 11 is 0. The first kappa shape index (κ1) is 16.5. The minimum absolute atomic E-state index is 0.242. The van der Waals surface area contributed by atoms with E-state index in [0.29, 0.717) is 37.9 Å². The van der Waals surface area contributed by atoms with Gasteiger partial charge in [-0.2, -0.15) is 0 Å². The van der Waals surface area contributed by atoms with E-state index >= 15 is 0 Å². The average molecular weight is 317 g/mol. The predicted octanol–water partition coefficient (Wildman–Crippen LogP) is 0.627. The van der Waals surface area contributed by atoms with Crippen molar-refractivity contribution >= 4 is 15.8 Å². The highest BCUT2D eigenvalue weighted by molar-refractivity contribution is 7.92. The number of hydrogen-bond acceptors (Lipinski definition) is 4. The molecule has 1 atom stereocenters. The number of ether oxygens (including phenoxy) is 1. The molecular formula is C14H27N3O3S. The lowest BCUT2D eigenvalue weighted by molar-refractivity contribution is 0.0767. The number of sulfone groups is 1. The van der Waals surface area contributed by atoms with Gasteiger partial charge in [0.05, 0.1) is 11.3 Å². The fourth-order valence-corrected chi connectivity index (χ4v) is 4.32. The first-order valence-electron chi connectivity index (χ1n) is 7.66. The van der Waals surface area contributed by atoms with Crippen molar-refractivity contribution in [2.75, 3.05) is 39.1 Å². The van der Waals surface area contributed by atoms with Gasteiger partial charge < -0.3 is 15.4 Å². The number of nitrogens with two attached hydrogens (primary N) is 1. The molecule has 2 saturated heterocycles. The molecule has 0 radical (unpaired) electrons. The highest BCUT2D eigenvalue weighted by Crippen LogP contribution is 2.29. The lowest BCUT2D eigenvalue weighted by Crippen LogP contribution is -2.48. The Hall–Kier alpha value is -0.820. The van der Waals surface area contributed by atoms with Crippen LogP contribution in [0.4, 0.5) is 0 Å². The van der Waals surface area contributed by atoms with Gasteiger partial charge in [-0.25, -0.2) is 8.42 Å². The molecule has 2 fully saturated rings. The zero-order valence-corrected chi connectivity index (χ0v) is 13.9. The van der Waals surface area contributed by atoms with Gasteiger partial charge in [-0.3, -0.25) is 4.99 Å². The van der Waals surface area contributed by atoms with Crippen LogP contribution in [0.1, 0.15) is 32.6 Å². The number of aliphatic imine (C=N–C) groups is 1. The van der Waals surface area contributed by atoms with Crippen LogP contribution in [0.3, 0.4) is 0 Å². The molecule has 21 heavy (non-hydrogen) atoms. The van der Waals surface area contributed by atoms with Gasteiger partial charge in [-0.1, -0.05) is 6.92 Å². The summed E-state index contributed by atoms with van der Waals surface area (Å²) in [5.74, 6) is 1.09. The van der Waals surface area contributed by atoms with Crippen LogP contribution in [0.2, 0.25) is 0 Å². The number of likely N-dealkylation sites (tertiary alicyclic amines) is 1. The molecule has 0 aromatic heterocycles. The van der Waals surface area contributed by atoms with E-state index in [2.05, 4.69) is 16.8 Å². The van der Waals surface area contributed by atoms with Crippen LogP contribution in [0.5, 0.6) is 0 Å². The van der Waals surface area contributed by atoms with Crippen LogP contribution in [-0.4, -0.2) is 63.1 Å². The van der Waals surface area contributed by atoms with Crippen LogP contribution in [0.15, 0.2) is 4.99 Å². The molecule has 6 nitrogen and oxygen atoms in total. The van der Waals surface area contributed by atoms with Gasteiger partial charge in [0, 0.05) is 32.6 Å². The molecule has 2 rings (SSSR count). The Morgan fingerprint density at radius 2 is 2.10 bits per heavy atom. The van der Waals surface area contributed by atoms with Gasteiger partial charge in [-0.05, 0) is 31.6 Å². The molecule has 0 amide bonds. The smallest absolute Gasteiger partial charge is 0.191 e. The molecular weight excluding hydrogens is 290 g/mol. The summed E-state index contributed by atoms with van der Waals surface area (Å²) in [5, 5.41) is 0. The van der Waals surface area contributed by atoms with Crippen LogP contribution < -0.4 is 5.73 Å². The van der Waals surface area contributed by atoms with E-state index in [-0.39, 0.29) is 6.54 Å². The fraction of sp³-hybridized carbons (Fsp3) is 0.929. The summed E-state index contributed by atoms with van der Waals surface area (Å²) in [5.41, 5.74) is 6.08. The highest BCUT2D eigenvalue weighted by Gasteiger charge is 2.42. The van der Waals surface area contributed by atoms with Crippen LogP contribution >= 0.6 is 0 Å². The molecule has 1 unspecified atom stereocenters. The maximum Gasteiger partial charge on any atom is 0.191 e. The van der Waals surface area contributed by atoms with Gasteiger partial charge in [-0.15, -0.1) is 0 Å². The molecule has 7 heteroatoms. The summed E-state index contributed by atoms with van der Waals surface area (Å²) in [6, 6.07) is 0. The molecule has 0 bridgehead atoms. The lowest BCUT2D eigenvalue weighted by Gasteiger charge is -2.35. The van der Waals surface area contributed by atoms with Crippen molar-refractivity contribution in [3.8, 4) is 0 Å². The number of hydrogen-bond donors (Lipinski definition) is 1. The van der Waals surface area contributed by atoms with E-state index in [1.54, 1.807) is 0 Å². The van der Waals surface area contributed by atoms with Crippen molar-refractivity contribution in [3.63, 3.8) is 0 Å². The highest BCUT2D eigenvalue weighted by atomic mass is 32.2. The molecule has 0 spiro atoms. The fourth-order valence-electron chi connectivity index (χ4n) is 3.11. The van der Waals surface area contributed by atoms with Gasteiger partial charge in [0.15, 0.2) is 15.8 Å². The number of rotatable bonds is 3. The molecule has 0 saturated carbocycles. The molecule has 0 aromatic rings. The van der Waals surface area contributed by atoms with E-state index in [1.165, 1.54) is 12.7 Å². The average Bonchev–Trinajstić information content (AvgIpc) is 2.44. The Labute approximate surface area is 127 Å². The maximum absolute atomic E-state index is 12.2. The SMILES string of the molecule is CC1CCCN(C(N)=NCC2(S(C)(=O)=O)CCOCC2)C1. The summed E-state index contributed by atoms with van der Waals surface area (Å²) in [4.78, 5) is 6.50. The van der Waals surface area contributed by atoms with Gasteiger partial charge in [0.25, 0.3) is 0 Å². The Balaban J connectivity index is 2.08. The number of nitrogens with zero attached hydrogens (tertiary/aromatic N) is 2. The monoisotopic (exact) mass is 317 g/mol. The summed E-state index contributed by atoms with van der Waals surface area (Å²) < 4.78 is 28.8. The largest absolute Gasteiger partial charge is 0.381 e. The van der Waals surface area contributed by atoms with Crippen molar-refractivity contribution in [2.24, 2.45) is 16.6 Å². The van der Waals surface area contributed by atoms with Crippen molar-refractivity contribution in [2.45, 2.75) is 37.4 Å². The van der Waals surface area contributed by atoms with E-state index < -0.39 is 14.6 Å². The van der Waals surface area contributed by atoms with E-state index in [0.717, 1.165) is 19.5 Å². The Morgan fingerprint density at radius 3 is 2.67 bits per heavy atom. The normalized spacial score (nSPS) is 27.6. The van der Waals surface area contributed by atoms with E-state index in [4.69, 9.17) is 10.5 Å². The summed E-state index contributed by atoms with van der Waals surface area (Å²) in [6.45, 7) is 5.22. The van der Waals surface area contributed by atoms with Crippen LogP contribution in [-0.2, 0) is 14.6 Å². The molecule has 2 heterocycles. The second-order valence-electron chi connectivity index (χ2n) is 6.44. The first-order valence-corrected chi connectivity index (χ1v) is 9.55. The zero-order chi connectivity index (χ0) is 15.5. The Kier molecular flexibility index (Phi) is 5.14. The molecule has 2 aliphatic heterocycles. The quantitative estimate of drug-likeness (QED) is 0.609. The first-order chi connectivity index (χ1) is 9.84.